The van der Waals surface area contributed by atoms with Crippen molar-refractivity contribution in [1.29, 1.82) is 5.26 Å². The summed E-state index contributed by atoms with van der Waals surface area (Å²) >= 11 is 7.81. The lowest BCUT2D eigenvalue weighted by atomic mass is 10.3. The summed E-state index contributed by atoms with van der Waals surface area (Å²) in [5, 5.41) is 8.91. The summed E-state index contributed by atoms with van der Waals surface area (Å²) in [5.74, 6) is 0.583. The molecule has 3 nitrogen and oxygen atoms in total. The van der Waals surface area contributed by atoms with E-state index in [4.69, 9.17) is 21.6 Å². The lowest BCUT2D eigenvalue weighted by Crippen LogP contribution is -1.92. The van der Waals surface area contributed by atoms with E-state index in [2.05, 4.69) is 4.98 Å². The summed E-state index contributed by atoms with van der Waals surface area (Å²) in [6.45, 7) is 0. The van der Waals surface area contributed by atoms with Crippen molar-refractivity contribution in [3.63, 3.8) is 0 Å². The van der Waals surface area contributed by atoms with Crippen molar-refractivity contribution in [2.75, 3.05) is 7.11 Å². The number of halogens is 2. The summed E-state index contributed by atoms with van der Waals surface area (Å²) in [6.07, 6.45) is 1.48. The summed E-state index contributed by atoms with van der Waals surface area (Å²) in [4.78, 5) is 3.81. The van der Waals surface area contributed by atoms with Gasteiger partial charge in [-0.15, -0.1) is 0 Å². The number of nitriles is 1. The average molecular weight is 294 g/mol. The number of nitrogens with zero attached hydrogens (tertiary/aromatic N) is 2. The third-order valence-electron chi connectivity index (χ3n) is 1.25. The van der Waals surface area contributed by atoms with Crippen molar-refractivity contribution in [2.24, 2.45) is 0 Å². The number of pyridine rings is 1. The van der Waals surface area contributed by atoms with E-state index < -0.39 is 0 Å². The van der Waals surface area contributed by atoms with E-state index in [0.29, 0.717) is 14.3 Å². The zero-order chi connectivity index (χ0) is 9.14. The van der Waals surface area contributed by atoms with Crippen LogP contribution in [-0.2, 0) is 0 Å². The summed E-state index contributed by atoms with van der Waals surface area (Å²) in [6, 6.07) is 1.88. The Kier molecular flexibility index (Phi) is 3.12. The molecule has 0 aliphatic rings. The van der Waals surface area contributed by atoms with Gasteiger partial charge in [-0.2, -0.15) is 5.26 Å². The molecule has 0 atom stereocenters. The van der Waals surface area contributed by atoms with Crippen molar-refractivity contribution >= 4 is 34.2 Å². The molecule has 12 heavy (non-hydrogen) atoms. The smallest absolute Gasteiger partial charge is 0.160 e. The van der Waals surface area contributed by atoms with Crippen LogP contribution in [0.15, 0.2) is 6.20 Å². The molecule has 0 N–H and O–H groups in total. The predicted octanol–water partition coefficient (Wildman–Crippen LogP) is 2.22. The first-order valence-corrected chi connectivity index (χ1v) is 4.44. The van der Waals surface area contributed by atoms with Crippen LogP contribution in [0, 0.1) is 14.9 Å². The van der Waals surface area contributed by atoms with Crippen molar-refractivity contribution < 1.29 is 4.74 Å². The first-order chi connectivity index (χ1) is 5.70. The molecule has 0 aromatic carbocycles. The Labute approximate surface area is 88.5 Å². The SMILES string of the molecule is COc1cnc(C#N)c(Cl)c1I. The van der Waals surface area contributed by atoms with Crippen LogP contribution in [0.5, 0.6) is 5.75 Å². The molecule has 0 bridgehead atoms. The van der Waals surface area contributed by atoms with Crippen LogP contribution < -0.4 is 4.74 Å². The predicted molar refractivity (Wildman–Crippen MR) is 53.2 cm³/mol. The molecule has 0 saturated heterocycles. The summed E-state index contributed by atoms with van der Waals surface area (Å²) in [7, 11) is 1.53. The Morgan fingerprint density at radius 2 is 2.42 bits per heavy atom. The van der Waals surface area contributed by atoms with Gasteiger partial charge < -0.3 is 4.74 Å². The van der Waals surface area contributed by atoms with Crippen LogP contribution in [0.25, 0.3) is 0 Å². The quantitative estimate of drug-likeness (QED) is 0.746. The highest BCUT2D eigenvalue weighted by atomic mass is 127. The van der Waals surface area contributed by atoms with Crippen LogP contribution in [0.2, 0.25) is 5.02 Å². The number of aromatic nitrogens is 1. The van der Waals surface area contributed by atoms with Gasteiger partial charge >= 0.3 is 0 Å². The minimum Gasteiger partial charge on any atom is -0.494 e. The third-order valence-corrected chi connectivity index (χ3v) is 3.01. The van der Waals surface area contributed by atoms with Crippen molar-refractivity contribution in [3.8, 4) is 11.8 Å². The second kappa shape index (κ2) is 3.92. The van der Waals surface area contributed by atoms with Crippen LogP contribution in [0.1, 0.15) is 5.69 Å². The molecular weight excluding hydrogens is 290 g/mol. The molecule has 0 saturated carbocycles. The minimum absolute atomic E-state index is 0.224. The first kappa shape index (κ1) is 9.55. The zero-order valence-electron chi connectivity index (χ0n) is 6.14. The summed E-state index contributed by atoms with van der Waals surface area (Å²) < 4.78 is 5.67. The van der Waals surface area contributed by atoms with E-state index >= 15 is 0 Å². The second-order valence-electron chi connectivity index (χ2n) is 1.91. The average Bonchev–Trinajstić information content (AvgIpc) is 2.10. The van der Waals surface area contributed by atoms with Gasteiger partial charge in [-0.1, -0.05) is 11.6 Å². The molecule has 62 valence electrons. The first-order valence-electron chi connectivity index (χ1n) is 2.98. The number of hydrogen-bond donors (Lipinski definition) is 0. The highest BCUT2D eigenvalue weighted by Crippen LogP contribution is 2.28. The Hall–Kier alpha value is -0.540. The van der Waals surface area contributed by atoms with Gasteiger partial charge in [-0.05, 0) is 22.6 Å². The van der Waals surface area contributed by atoms with Gasteiger partial charge in [0.15, 0.2) is 11.4 Å². The zero-order valence-corrected chi connectivity index (χ0v) is 9.05. The molecule has 1 aromatic rings. The molecule has 0 aliphatic carbocycles. The molecule has 1 heterocycles. The Morgan fingerprint density at radius 1 is 1.75 bits per heavy atom. The fourth-order valence-electron chi connectivity index (χ4n) is 0.669. The van der Waals surface area contributed by atoms with E-state index in [1.165, 1.54) is 13.3 Å². The van der Waals surface area contributed by atoms with Gasteiger partial charge in [0.05, 0.1) is 21.9 Å². The standard InChI is InChI=1S/C7H4ClIN2O/c1-12-5-3-11-4(2-10)6(8)7(5)9/h3H,1H3. The van der Waals surface area contributed by atoms with Crippen LogP contribution in [0.4, 0.5) is 0 Å². The van der Waals surface area contributed by atoms with Crippen LogP contribution in [-0.4, -0.2) is 12.1 Å². The minimum atomic E-state index is 0.224. The molecule has 0 aliphatic heterocycles. The normalized spacial score (nSPS) is 9.17. The fourth-order valence-corrected chi connectivity index (χ4v) is 1.47. The van der Waals surface area contributed by atoms with E-state index in [-0.39, 0.29) is 5.69 Å². The molecule has 0 unspecified atom stereocenters. The van der Waals surface area contributed by atoms with Gasteiger partial charge in [0.2, 0.25) is 0 Å². The van der Waals surface area contributed by atoms with Crippen molar-refractivity contribution in [2.45, 2.75) is 0 Å². The van der Waals surface area contributed by atoms with Crippen molar-refractivity contribution in [1.82, 2.24) is 4.98 Å². The monoisotopic (exact) mass is 294 g/mol. The molecule has 0 amide bonds. The molecular formula is C7H4ClIN2O. The maximum atomic E-state index is 8.57. The van der Waals surface area contributed by atoms with Gasteiger partial charge in [-0.25, -0.2) is 4.98 Å². The number of ether oxygens (including phenoxy) is 1. The maximum Gasteiger partial charge on any atom is 0.160 e. The largest absolute Gasteiger partial charge is 0.494 e. The Morgan fingerprint density at radius 3 is 2.92 bits per heavy atom. The molecule has 0 spiro atoms. The van der Waals surface area contributed by atoms with E-state index in [9.17, 15) is 0 Å². The maximum absolute atomic E-state index is 8.57. The fraction of sp³-hybridized carbons (Fsp3) is 0.143. The highest BCUT2D eigenvalue weighted by molar-refractivity contribution is 14.1. The number of rotatable bonds is 1. The van der Waals surface area contributed by atoms with Gasteiger partial charge in [-0.3, -0.25) is 0 Å². The molecule has 5 heteroatoms. The molecule has 0 fully saturated rings. The van der Waals surface area contributed by atoms with E-state index in [1.807, 2.05) is 28.7 Å². The second-order valence-corrected chi connectivity index (χ2v) is 3.37. The van der Waals surface area contributed by atoms with Crippen LogP contribution in [0.3, 0.4) is 0 Å². The van der Waals surface area contributed by atoms with Gasteiger partial charge in [0.1, 0.15) is 6.07 Å². The number of hydrogen-bond acceptors (Lipinski definition) is 3. The summed E-state index contributed by atoms with van der Waals surface area (Å²) in [5.41, 5.74) is 0.224. The van der Waals surface area contributed by atoms with E-state index in [1.54, 1.807) is 0 Å². The molecule has 0 radical (unpaired) electrons. The highest BCUT2D eigenvalue weighted by Gasteiger charge is 2.10. The Bertz CT molecular complexity index is 348. The third kappa shape index (κ3) is 1.62. The van der Waals surface area contributed by atoms with Crippen LogP contribution >= 0.6 is 34.2 Å². The molecule has 1 aromatic heterocycles. The lowest BCUT2D eigenvalue weighted by molar-refractivity contribution is 0.410. The van der Waals surface area contributed by atoms with E-state index in [0.717, 1.165) is 0 Å². The van der Waals surface area contributed by atoms with Gasteiger partial charge in [0, 0.05) is 0 Å². The number of methoxy groups -OCH3 is 1. The molecule has 1 rings (SSSR count). The topological polar surface area (TPSA) is 45.9 Å². The lowest BCUT2D eigenvalue weighted by Gasteiger charge is -2.03. The Balaban J connectivity index is 3.32. The van der Waals surface area contributed by atoms with Gasteiger partial charge in [0.25, 0.3) is 0 Å². The van der Waals surface area contributed by atoms with Crippen molar-refractivity contribution in [3.05, 3.63) is 20.5 Å².